The fraction of sp³-hybridized carbons (Fsp3) is 0.500. The van der Waals surface area contributed by atoms with Crippen molar-refractivity contribution in [2.24, 2.45) is 11.8 Å². The van der Waals surface area contributed by atoms with Gasteiger partial charge in [0.25, 0.3) is 0 Å². The molecule has 1 amide bonds. The molecule has 1 N–H and O–H groups in total. The van der Waals surface area contributed by atoms with Crippen LogP contribution in [-0.4, -0.2) is 41.3 Å². The number of unbranched alkanes of at least 4 members (excludes halogenated alkanes) is 1. The van der Waals surface area contributed by atoms with E-state index in [4.69, 9.17) is 9.47 Å². The zero-order valence-corrected chi connectivity index (χ0v) is 20.1. The molecule has 2 aliphatic rings. The molecule has 0 radical (unpaired) electrons. The number of nitrogens with zero attached hydrogens (tertiary/aromatic N) is 1. The van der Waals surface area contributed by atoms with Crippen LogP contribution in [0.3, 0.4) is 0 Å². The summed E-state index contributed by atoms with van der Waals surface area (Å²) in [6.07, 6.45) is 3.95. The number of aryl methyl sites for hydroxylation is 1. The van der Waals surface area contributed by atoms with Crippen molar-refractivity contribution < 1.29 is 24.2 Å². The van der Waals surface area contributed by atoms with Crippen LogP contribution in [0.2, 0.25) is 0 Å². The SMILES string of the molecule is CCCCc1ccc(C2(O)CC[C@@H]3[C@@H](C(=O)OCC)N(C(=O)OCc4ccccc4)C[C@@H]32)cc1. The lowest BCUT2D eigenvalue weighted by atomic mass is 9.81. The molecule has 34 heavy (non-hydrogen) atoms. The Morgan fingerprint density at radius 3 is 2.44 bits per heavy atom. The molecule has 0 bridgehead atoms. The van der Waals surface area contributed by atoms with Gasteiger partial charge < -0.3 is 14.6 Å². The number of benzene rings is 2. The zero-order chi connectivity index (χ0) is 24.1. The van der Waals surface area contributed by atoms with Crippen LogP contribution in [0.25, 0.3) is 0 Å². The van der Waals surface area contributed by atoms with E-state index < -0.39 is 23.7 Å². The van der Waals surface area contributed by atoms with Crippen LogP contribution in [0.15, 0.2) is 54.6 Å². The molecule has 1 saturated heterocycles. The number of fused-ring (bicyclic) bond motifs is 1. The average Bonchev–Trinajstić information content (AvgIpc) is 3.40. The second-order valence-corrected chi connectivity index (χ2v) is 9.42. The number of hydrogen-bond acceptors (Lipinski definition) is 5. The Bertz CT molecular complexity index is 976. The highest BCUT2D eigenvalue weighted by Crippen LogP contribution is 2.53. The summed E-state index contributed by atoms with van der Waals surface area (Å²) < 4.78 is 10.9. The third kappa shape index (κ3) is 4.83. The summed E-state index contributed by atoms with van der Waals surface area (Å²) in [7, 11) is 0. The number of carbonyl (C=O) groups excluding carboxylic acids is 2. The van der Waals surface area contributed by atoms with Crippen LogP contribution in [0.1, 0.15) is 56.2 Å². The van der Waals surface area contributed by atoms with Gasteiger partial charge >= 0.3 is 12.1 Å². The van der Waals surface area contributed by atoms with Gasteiger partial charge in [-0.1, -0.05) is 67.9 Å². The van der Waals surface area contributed by atoms with E-state index in [-0.39, 0.29) is 31.6 Å². The van der Waals surface area contributed by atoms with E-state index in [2.05, 4.69) is 19.1 Å². The molecule has 182 valence electrons. The first-order chi connectivity index (χ1) is 16.5. The summed E-state index contributed by atoms with van der Waals surface area (Å²) in [6, 6.07) is 16.9. The molecule has 2 aromatic rings. The van der Waals surface area contributed by atoms with E-state index in [0.717, 1.165) is 30.4 Å². The number of amides is 1. The highest BCUT2D eigenvalue weighted by molar-refractivity contribution is 5.83. The second-order valence-electron chi connectivity index (χ2n) is 9.42. The highest BCUT2D eigenvalue weighted by Gasteiger charge is 2.60. The van der Waals surface area contributed by atoms with Gasteiger partial charge in [-0.25, -0.2) is 9.59 Å². The van der Waals surface area contributed by atoms with Gasteiger partial charge in [0.2, 0.25) is 0 Å². The zero-order valence-electron chi connectivity index (χ0n) is 20.1. The third-order valence-corrected chi connectivity index (χ3v) is 7.36. The van der Waals surface area contributed by atoms with E-state index >= 15 is 0 Å². The Kier molecular flexibility index (Phi) is 7.57. The fourth-order valence-electron chi connectivity index (χ4n) is 5.57. The normalized spacial score (nSPS) is 25.7. The maximum Gasteiger partial charge on any atom is 0.410 e. The quantitative estimate of drug-likeness (QED) is 0.565. The fourth-order valence-corrected chi connectivity index (χ4v) is 5.57. The van der Waals surface area contributed by atoms with Crippen molar-refractivity contribution in [1.82, 2.24) is 4.90 Å². The number of likely N-dealkylation sites (tertiary alicyclic amines) is 1. The van der Waals surface area contributed by atoms with E-state index in [1.165, 1.54) is 10.5 Å². The Labute approximate surface area is 201 Å². The first-order valence-corrected chi connectivity index (χ1v) is 12.4. The predicted octanol–water partition coefficient (Wildman–Crippen LogP) is 4.83. The van der Waals surface area contributed by atoms with E-state index in [1.54, 1.807) is 6.92 Å². The van der Waals surface area contributed by atoms with E-state index in [0.29, 0.717) is 12.8 Å². The molecule has 1 heterocycles. The molecule has 1 saturated carbocycles. The van der Waals surface area contributed by atoms with Crippen LogP contribution in [0.4, 0.5) is 4.79 Å². The summed E-state index contributed by atoms with van der Waals surface area (Å²) in [4.78, 5) is 27.5. The Balaban J connectivity index is 1.54. The molecule has 6 heteroatoms. The van der Waals surface area contributed by atoms with Gasteiger partial charge in [0.15, 0.2) is 0 Å². The lowest BCUT2D eigenvalue weighted by Crippen LogP contribution is -2.44. The number of esters is 1. The maximum atomic E-state index is 13.1. The average molecular weight is 466 g/mol. The summed E-state index contributed by atoms with van der Waals surface area (Å²) in [5, 5.41) is 11.8. The summed E-state index contributed by atoms with van der Waals surface area (Å²) >= 11 is 0. The van der Waals surface area contributed by atoms with Crippen LogP contribution >= 0.6 is 0 Å². The van der Waals surface area contributed by atoms with Crippen LogP contribution in [0, 0.1) is 11.8 Å². The molecule has 2 aromatic carbocycles. The molecular weight excluding hydrogens is 430 g/mol. The van der Waals surface area contributed by atoms with Crippen LogP contribution in [-0.2, 0) is 32.9 Å². The Hall–Kier alpha value is -2.86. The summed E-state index contributed by atoms with van der Waals surface area (Å²) in [6.45, 7) is 4.56. The first kappa shape index (κ1) is 24.3. The predicted molar refractivity (Wildman–Crippen MR) is 129 cm³/mol. The largest absolute Gasteiger partial charge is 0.464 e. The molecule has 6 nitrogen and oxygen atoms in total. The Morgan fingerprint density at radius 1 is 1.03 bits per heavy atom. The number of hydrogen-bond donors (Lipinski definition) is 1. The Morgan fingerprint density at radius 2 is 1.76 bits per heavy atom. The van der Waals surface area contributed by atoms with Gasteiger partial charge in [-0.2, -0.15) is 0 Å². The maximum absolute atomic E-state index is 13.1. The number of aliphatic hydroxyl groups is 1. The second kappa shape index (κ2) is 10.6. The van der Waals surface area contributed by atoms with Crippen molar-refractivity contribution in [2.75, 3.05) is 13.2 Å². The van der Waals surface area contributed by atoms with Crippen molar-refractivity contribution in [3.8, 4) is 0 Å². The van der Waals surface area contributed by atoms with Crippen molar-refractivity contribution in [1.29, 1.82) is 0 Å². The first-order valence-electron chi connectivity index (χ1n) is 12.4. The summed E-state index contributed by atoms with van der Waals surface area (Å²) in [5.74, 6) is -0.855. The molecule has 0 aromatic heterocycles. The highest BCUT2D eigenvalue weighted by atomic mass is 16.6. The van der Waals surface area contributed by atoms with Gasteiger partial charge in [-0.3, -0.25) is 4.90 Å². The standard InChI is InChI=1S/C28H35NO5/c1-3-5-9-20-12-14-22(15-13-20)28(32)17-16-23-24(28)18-29(25(23)26(30)33-4-2)27(31)34-19-21-10-7-6-8-11-21/h6-8,10-15,23-25,32H,3-5,9,16-19H2,1-2H3/t23-,24-,25-,28?/m0/s1. The molecular formula is C28H35NO5. The van der Waals surface area contributed by atoms with Gasteiger partial charge in [0.05, 0.1) is 12.2 Å². The topological polar surface area (TPSA) is 76.1 Å². The summed E-state index contributed by atoms with van der Waals surface area (Å²) in [5.41, 5.74) is 1.89. The van der Waals surface area contributed by atoms with Crippen molar-refractivity contribution in [3.63, 3.8) is 0 Å². The van der Waals surface area contributed by atoms with Crippen LogP contribution < -0.4 is 0 Å². The monoisotopic (exact) mass is 465 g/mol. The molecule has 0 spiro atoms. The lowest BCUT2D eigenvalue weighted by Gasteiger charge is -2.30. The molecule has 4 atom stereocenters. The van der Waals surface area contributed by atoms with Crippen LogP contribution in [0.5, 0.6) is 0 Å². The minimum absolute atomic E-state index is 0.130. The molecule has 4 rings (SSSR count). The van der Waals surface area contributed by atoms with E-state index in [1.807, 2.05) is 42.5 Å². The smallest absolute Gasteiger partial charge is 0.410 e. The molecule has 1 aliphatic heterocycles. The van der Waals surface area contributed by atoms with Gasteiger partial charge in [0.1, 0.15) is 12.6 Å². The number of ether oxygens (including phenoxy) is 2. The third-order valence-electron chi connectivity index (χ3n) is 7.36. The lowest BCUT2D eigenvalue weighted by molar-refractivity contribution is -0.149. The van der Waals surface area contributed by atoms with Crippen molar-refractivity contribution >= 4 is 12.1 Å². The van der Waals surface area contributed by atoms with Gasteiger partial charge in [-0.15, -0.1) is 0 Å². The van der Waals surface area contributed by atoms with Crippen molar-refractivity contribution in [3.05, 3.63) is 71.3 Å². The minimum atomic E-state index is -1.09. The number of carbonyl (C=O) groups is 2. The molecule has 1 unspecified atom stereocenters. The molecule has 2 fully saturated rings. The van der Waals surface area contributed by atoms with Gasteiger partial charge in [0, 0.05) is 12.5 Å². The van der Waals surface area contributed by atoms with E-state index in [9.17, 15) is 14.7 Å². The number of rotatable bonds is 8. The van der Waals surface area contributed by atoms with Gasteiger partial charge in [-0.05, 0) is 55.2 Å². The minimum Gasteiger partial charge on any atom is -0.464 e. The van der Waals surface area contributed by atoms with Crippen molar-refractivity contribution in [2.45, 2.75) is 64.2 Å². The molecule has 1 aliphatic carbocycles.